The summed E-state index contributed by atoms with van der Waals surface area (Å²) < 4.78 is 14.5. The van der Waals surface area contributed by atoms with E-state index in [1.165, 1.54) is 28.9 Å². The van der Waals surface area contributed by atoms with Crippen LogP contribution in [0, 0.1) is 5.82 Å². The first-order valence-corrected chi connectivity index (χ1v) is 8.74. The number of hydrogen-bond acceptors (Lipinski definition) is 4. The fourth-order valence-corrected chi connectivity index (χ4v) is 3.41. The molecule has 1 aromatic carbocycles. The van der Waals surface area contributed by atoms with E-state index < -0.39 is 0 Å². The number of hydrogen-bond donors (Lipinski definition) is 0. The van der Waals surface area contributed by atoms with Crippen molar-refractivity contribution < 1.29 is 14.0 Å². The van der Waals surface area contributed by atoms with Crippen LogP contribution in [0.1, 0.15) is 27.8 Å². The molecule has 1 amide bonds. The summed E-state index contributed by atoms with van der Waals surface area (Å²) in [5.74, 6) is -0.632. The Balaban J connectivity index is 1.61. The summed E-state index contributed by atoms with van der Waals surface area (Å²) in [4.78, 5) is 28.7. The third-order valence-electron chi connectivity index (χ3n) is 4.49. The van der Waals surface area contributed by atoms with Gasteiger partial charge in [0.1, 0.15) is 5.82 Å². The second kappa shape index (κ2) is 7.55. The molecule has 1 aromatic heterocycles. The van der Waals surface area contributed by atoms with E-state index >= 15 is 0 Å². The summed E-state index contributed by atoms with van der Waals surface area (Å²) in [5.41, 5.74) is 0.731. The van der Waals surface area contributed by atoms with Crippen LogP contribution in [-0.4, -0.2) is 63.5 Å². The predicted molar refractivity (Wildman–Crippen MR) is 95.9 cm³/mol. The fourth-order valence-electron chi connectivity index (χ4n) is 3.15. The summed E-state index contributed by atoms with van der Waals surface area (Å²) >= 11 is 6.07. The van der Waals surface area contributed by atoms with Gasteiger partial charge >= 0.3 is 0 Å². The van der Waals surface area contributed by atoms with Crippen molar-refractivity contribution in [1.82, 2.24) is 19.6 Å². The van der Waals surface area contributed by atoms with Gasteiger partial charge in [0.15, 0.2) is 11.5 Å². The van der Waals surface area contributed by atoms with Crippen LogP contribution in [0.25, 0.3) is 0 Å². The molecule has 26 heavy (non-hydrogen) atoms. The second-order valence-electron chi connectivity index (χ2n) is 6.51. The van der Waals surface area contributed by atoms with Gasteiger partial charge in [0.05, 0.1) is 11.6 Å². The van der Waals surface area contributed by atoms with Gasteiger partial charge in [-0.15, -0.1) is 0 Å². The van der Waals surface area contributed by atoms with E-state index in [0.717, 1.165) is 0 Å². The molecule has 8 heteroatoms. The lowest BCUT2D eigenvalue weighted by Crippen LogP contribution is -2.55. The number of aryl methyl sites for hydroxylation is 1. The normalized spacial score (nSPS) is 18.2. The smallest absolute Gasteiger partial charge is 0.276 e. The first kappa shape index (κ1) is 18.5. The largest absolute Gasteiger partial charge is 0.332 e. The lowest BCUT2D eigenvalue weighted by atomic mass is 10.1. The summed E-state index contributed by atoms with van der Waals surface area (Å²) in [5, 5.41) is 4.46. The van der Waals surface area contributed by atoms with Crippen molar-refractivity contribution >= 4 is 23.3 Å². The number of carbonyl (C=O) groups is 2. The highest BCUT2D eigenvalue weighted by molar-refractivity contribution is 6.33. The Morgan fingerprint density at radius 3 is 2.54 bits per heavy atom. The van der Waals surface area contributed by atoms with Gasteiger partial charge in [-0.05, 0) is 31.2 Å². The number of nitrogens with zero attached hydrogens (tertiary/aromatic N) is 4. The predicted octanol–water partition coefficient (Wildman–Crippen LogP) is 2.24. The molecule has 1 aliphatic heterocycles. The number of halogens is 2. The number of aromatic nitrogens is 2. The van der Waals surface area contributed by atoms with Crippen molar-refractivity contribution in [3.8, 4) is 0 Å². The van der Waals surface area contributed by atoms with Crippen LogP contribution in [0.2, 0.25) is 5.02 Å². The molecule has 0 spiro atoms. The molecule has 2 heterocycles. The SMILES string of the molecule is CC1CN(CC(=O)c2ccc(F)cc2)CCN1C(=O)c1nn(C)cc1Cl. The minimum atomic E-state index is -0.365. The number of carbonyl (C=O) groups excluding carboxylic acids is 2. The topological polar surface area (TPSA) is 58.4 Å². The van der Waals surface area contributed by atoms with Crippen molar-refractivity contribution in [2.75, 3.05) is 26.2 Å². The zero-order valence-electron chi connectivity index (χ0n) is 14.7. The lowest BCUT2D eigenvalue weighted by Gasteiger charge is -2.39. The van der Waals surface area contributed by atoms with Gasteiger partial charge in [-0.3, -0.25) is 19.2 Å². The van der Waals surface area contributed by atoms with Crippen molar-refractivity contribution in [2.45, 2.75) is 13.0 Å². The number of rotatable bonds is 4. The zero-order valence-corrected chi connectivity index (χ0v) is 15.4. The van der Waals surface area contributed by atoms with E-state index in [9.17, 15) is 14.0 Å². The first-order chi connectivity index (χ1) is 12.3. The highest BCUT2D eigenvalue weighted by Crippen LogP contribution is 2.19. The minimum Gasteiger partial charge on any atom is -0.332 e. The Morgan fingerprint density at radius 1 is 1.27 bits per heavy atom. The van der Waals surface area contributed by atoms with Crippen molar-refractivity contribution in [3.05, 3.63) is 52.6 Å². The van der Waals surface area contributed by atoms with Crippen LogP contribution in [0.3, 0.4) is 0 Å². The number of ketones is 1. The van der Waals surface area contributed by atoms with Gasteiger partial charge in [0, 0.05) is 44.5 Å². The van der Waals surface area contributed by atoms with Gasteiger partial charge in [-0.25, -0.2) is 4.39 Å². The van der Waals surface area contributed by atoms with Gasteiger partial charge in [-0.2, -0.15) is 5.10 Å². The van der Waals surface area contributed by atoms with Gasteiger partial charge in [-0.1, -0.05) is 11.6 Å². The molecule has 3 rings (SSSR count). The van der Waals surface area contributed by atoms with E-state index in [-0.39, 0.29) is 35.8 Å². The third kappa shape index (κ3) is 3.94. The molecule has 1 fully saturated rings. The molecule has 0 saturated carbocycles. The summed E-state index contributed by atoms with van der Waals surface area (Å²) in [6.45, 7) is 3.81. The van der Waals surface area contributed by atoms with E-state index in [4.69, 9.17) is 11.6 Å². The second-order valence-corrected chi connectivity index (χ2v) is 6.92. The molecular weight excluding hydrogens is 359 g/mol. The van der Waals surface area contributed by atoms with Gasteiger partial charge < -0.3 is 4.90 Å². The first-order valence-electron chi connectivity index (χ1n) is 8.36. The molecule has 0 bridgehead atoms. The van der Waals surface area contributed by atoms with E-state index in [1.807, 2.05) is 11.8 Å². The molecule has 0 N–H and O–H groups in total. The molecular formula is C18H20ClFN4O2. The fraction of sp³-hybridized carbons (Fsp3) is 0.389. The van der Waals surface area contributed by atoms with Gasteiger partial charge in [0.25, 0.3) is 5.91 Å². The molecule has 2 aromatic rings. The standard InChI is InChI=1S/C18H20ClFN4O2/c1-12-9-23(11-16(25)13-3-5-14(20)6-4-13)7-8-24(12)18(26)17-15(19)10-22(2)21-17/h3-6,10,12H,7-9,11H2,1-2H3. The number of piperazine rings is 1. The van der Waals surface area contributed by atoms with Crippen LogP contribution in [0.5, 0.6) is 0 Å². The third-order valence-corrected chi connectivity index (χ3v) is 4.77. The van der Waals surface area contributed by atoms with Crippen LogP contribution < -0.4 is 0 Å². The Hall–Kier alpha value is -2.25. The summed E-state index contributed by atoms with van der Waals surface area (Å²) in [6.07, 6.45) is 1.59. The molecule has 0 aliphatic carbocycles. The monoisotopic (exact) mass is 378 g/mol. The molecule has 0 radical (unpaired) electrons. The maximum absolute atomic E-state index is 13.0. The molecule has 6 nitrogen and oxygen atoms in total. The highest BCUT2D eigenvalue weighted by atomic mass is 35.5. The highest BCUT2D eigenvalue weighted by Gasteiger charge is 2.31. The minimum absolute atomic E-state index is 0.0650. The Bertz CT molecular complexity index is 821. The van der Waals surface area contributed by atoms with Crippen LogP contribution in [0.4, 0.5) is 4.39 Å². The quantitative estimate of drug-likeness (QED) is 0.766. The molecule has 1 aliphatic rings. The Kier molecular flexibility index (Phi) is 5.38. The van der Waals surface area contributed by atoms with Crippen LogP contribution >= 0.6 is 11.6 Å². The Morgan fingerprint density at radius 2 is 1.96 bits per heavy atom. The maximum Gasteiger partial charge on any atom is 0.276 e. The van der Waals surface area contributed by atoms with Crippen molar-refractivity contribution in [3.63, 3.8) is 0 Å². The van der Waals surface area contributed by atoms with Gasteiger partial charge in [0.2, 0.25) is 0 Å². The summed E-state index contributed by atoms with van der Waals surface area (Å²) in [6, 6.07) is 5.47. The molecule has 138 valence electrons. The molecule has 1 saturated heterocycles. The van der Waals surface area contributed by atoms with E-state index in [2.05, 4.69) is 5.10 Å². The van der Waals surface area contributed by atoms with E-state index in [1.54, 1.807) is 18.1 Å². The number of benzene rings is 1. The number of Topliss-reactive ketones (excluding diaryl/α,β-unsaturated/α-hetero) is 1. The number of amides is 1. The average Bonchev–Trinajstić information content (AvgIpc) is 2.93. The van der Waals surface area contributed by atoms with Crippen molar-refractivity contribution in [1.29, 1.82) is 0 Å². The molecule has 1 unspecified atom stereocenters. The van der Waals surface area contributed by atoms with Crippen LogP contribution in [-0.2, 0) is 7.05 Å². The lowest BCUT2D eigenvalue weighted by molar-refractivity contribution is 0.0477. The average molecular weight is 379 g/mol. The Labute approximate surface area is 156 Å². The summed E-state index contributed by atoms with van der Waals surface area (Å²) in [7, 11) is 1.71. The maximum atomic E-state index is 13.0. The van der Waals surface area contributed by atoms with Crippen LogP contribution in [0.15, 0.2) is 30.5 Å². The van der Waals surface area contributed by atoms with Crippen molar-refractivity contribution in [2.24, 2.45) is 7.05 Å². The van der Waals surface area contributed by atoms with E-state index in [0.29, 0.717) is 30.2 Å². The zero-order chi connectivity index (χ0) is 18.8. The molecule has 1 atom stereocenters.